The molecule has 1 unspecified atom stereocenters. The summed E-state index contributed by atoms with van der Waals surface area (Å²) < 4.78 is 29.6. The maximum Gasteiger partial charge on any atom is 0.295 e. The second kappa shape index (κ2) is 3.34. The molecule has 66 valence electrons. The molecule has 1 atom stereocenters. The van der Waals surface area contributed by atoms with Crippen molar-refractivity contribution in [1.82, 2.24) is 0 Å². The van der Waals surface area contributed by atoms with Crippen LogP contribution in [0.1, 0.15) is 19.8 Å². The van der Waals surface area contributed by atoms with Crippen molar-refractivity contribution in [2.45, 2.75) is 24.7 Å². The molecular formula is C6H12O4S. The summed E-state index contributed by atoms with van der Waals surface area (Å²) in [6.07, 6.45) is 1.03. The maximum absolute atomic E-state index is 10.5. The third-order valence-corrected chi connectivity index (χ3v) is 2.91. The monoisotopic (exact) mass is 180 g/mol. The summed E-state index contributed by atoms with van der Waals surface area (Å²) >= 11 is 0. The number of hydrogen-bond donors (Lipinski definition) is 2. The zero-order valence-corrected chi connectivity index (χ0v) is 7.13. The highest BCUT2D eigenvalue weighted by molar-refractivity contribution is 7.87. The first-order valence-electron chi connectivity index (χ1n) is 3.17. The van der Waals surface area contributed by atoms with Crippen molar-refractivity contribution in [3.05, 3.63) is 12.7 Å². The lowest BCUT2D eigenvalue weighted by molar-refractivity contribution is 0.112. The third-order valence-electron chi connectivity index (χ3n) is 1.50. The smallest absolute Gasteiger partial charge is 0.295 e. The fourth-order valence-corrected chi connectivity index (χ4v) is 1.35. The highest BCUT2D eigenvalue weighted by Crippen LogP contribution is 2.21. The Balaban J connectivity index is 4.75. The first kappa shape index (κ1) is 10.6. The zero-order valence-electron chi connectivity index (χ0n) is 6.32. The van der Waals surface area contributed by atoms with E-state index in [-0.39, 0.29) is 12.8 Å². The normalized spacial score (nSPS) is 17.4. The molecule has 0 saturated carbocycles. The van der Waals surface area contributed by atoms with E-state index in [2.05, 4.69) is 6.58 Å². The van der Waals surface area contributed by atoms with Crippen LogP contribution in [0.25, 0.3) is 0 Å². The zero-order chi connectivity index (χ0) is 9.12. The number of hydrogen-bond acceptors (Lipinski definition) is 3. The molecule has 0 rings (SSSR count). The minimum atomic E-state index is -4.39. The summed E-state index contributed by atoms with van der Waals surface area (Å²) in [5.41, 5.74) is 0. The van der Waals surface area contributed by atoms with Gasteiger partial charge in [0.1, 0.15) is 0 Å². The molecule has 0 aromatic heterocycles. The predicted molar refractivity (Wildman–Crippen MR) is 41.6 cm³/mol. The van der Waals surface area contributed by atoms with E-state index in [1.54, 1.807) is 0 Å². The van der Waals surface area contributed by atoms with Crippen LogP contribution >= 0.6 is 0 Å². The Bertz CT molecular complexity index is 231. The van der Waals surface area contributed by atoms with Gasteiger partial charge >= 0.3 is 0 Å². The van der Waals surface area contributed by atoms with E-state index in [0.717, 1.165) is 0 Å². The van der Waals surface area contributed by atoms with Gasteiger partial charge in [-0.25, -0.2) is 0 Å². The molecule has 0 fully saturated rings. The highest BCUT2D eigenvalue weighted by Gasteiger charge is 2.37. The Kier molecular flexibility index (Phi) is 3.22. The van der Waals surface area contributed by atoms with Gasteiger partial charge in [-0.3, -0.25) is 4.55 Å². The molecule has 0 aliphatic rings. The fraction of sp³-hybridized carbons (Fsp3) is 0.667. The van der Waals surface area contributed by atoms with E-state index in [4.69, 9.17) is 4.55 Å². The van der Waals surface area contributed by atoms with E-state index in [9.17, 15) is 13.5 Å². The summed E-state index contributed by atoms with van der Waals surface area (Å²) in [7, 11) is -4.39. The second-order valence-corrected chi connectivity index (χ2v) is 3.98. The summed E-state index contributed by atoms with van der Waals surface area (Å²) in [5.74, 6) is 0. The van der Waals surface area contributed by atoms with Crippen LogP contribution < -0.4 is 0 Å². The van der Waals surface area contributed by atoms with Crippen molar-refractivity contribution < 1.29 is 18.1 Å². The van der Waals surface area contributed by atoms with E-state index in [0.29, 0.717) is 0 Å². The minimum Gasteiger partial charge on any atom is -0.372 e. The van der Waals surface area contributed by atoms with Crippen LogP contribution in [-0.2, 0) is 10.1 Å². The van der Waals surface area contributed by atoms with Crippen LogP contribution in [0.5, 0.6) is 0 Å². The van der Waals surface area contributed by atoms with Crippen molar-refractivity contribution in [2.75, 3.05) is 0 Å². The Morgan fingerprint density at radius 3 is 2.18 bits per heavy atom. The Labute approximate surface area is 66.3 Å². The predicted octanol–water partition coefficient (Wildman–Crippen LogP) is 0.549. The molecular weight excluding hydrogens is 168 g/mol. The molecule has 0 aromatic rings. The van der Waals surface area contributed by atoms with Gasteiger partial charge in [0, 0.05) is 6.42 Å². The lowest BCUT2D eigenvalue weighted by Gasteiger charge is -2.20. The van der Waals surface area contributed by atoms with Crippen LogP contribution in [0.15, 0.2) is 12.7 Å². The number of rotatable bonds is 4. The maximum atomic E-state index is 10.5. The van der Waals surface area contributed by atoms with E-state index in [1.807, 2.05) is 0 Å². The minimum absolute atomic E-state index is 0.0577. The summed E-state index contributed by atoms with van der Waals surface area (Å²) in [5, 5.41) is 9.25. The molecule has 11 heavy (non-hydrogen) atoms. The SMILES string of the molecule is C=CCC(O)(CC)S(=O)(=O)O. The van der Waals surface area contributed by atoms with Crippen molar-refractivity contribution >= 4 is 10.1 Å². The summed E-state index contributed by atoms with van der Waals surface area (Å²) in [6, 6.07) is 0. The Morgan fingerprint density at radius 2 is 2.09 bits per heavy atom. The van der Waals surface area contributed by atoms with Gasteiger partial charge in [0.15, 0.2) is 4.93 Å². The number of aliphatic hydroxyl groups is 1. The van der Waals surface area contributed by atoms with Crippen LogP contribution in [0.2, 0.25) is 0 Å². The highest BCUT2D eigenvalue weighted by atomic mass is 32.2. The molecule has 5 heteroatoms. The lowest BCUT2D eigenvalue weighted by atomic mass is 10.2. The van der Waals surface area contributed by atoms with Crippen LogP contribution in [0.4, 0.5) is 0 Å². The van der Waals surface area contributed by atoms with Gasteiger partial charge < -0.3 is 5.11 Å². The van der Waals surface area contributed by atoms with Crippen LogP contribution in [0.3, 0.4) is 0 Å². The molecule has 0 radical (unpaired) electrons. The average molecular weight is 180 g/mol. The quantitative estimate of drug-likeness (QED) is 0.489. The molecule has 2 N–H and O–H groups in total. The topological polar surface area (TPSA) is 74.6 Å². The molecule has 0 aromatic carbocycles. The van der Waals surface area contributed by atoms with Crippen molar-refractivity contribution in [3.8, 4) is 0 Å². The lowest BCUT2D eigenvalue weighted by Crippen LogP contribution is -2.36. The van der Waals surface area contributed by atoms with Crippen LogP contribution in [-0.4, -0.2) is 23.0 Å². The largest absolute Gasteiger partial charge is 0.372 e. The standard InChI is InChI=1S/C6H12O4S/c1-3-5-6(7,4-2)11(8,9)10/h3,7H,1,4-5H2,2H3,(H,8,9,10). The van der Waals surface area contributed by atoms with Gasteiger partial charge in [0.25, 0.3) is 10.1 Å². The van der Waals surface area contributed by atoms with Crippen molar-refractivity contribution in [3.63, 3.8) is 0 Å². The average Bonchev–Trinajstić information content (AvgIpc) is 1.86. The molecule has 0 spiro atoms. The Morgan fingerprint density at radius 1 is 1.64 bits per heavy atom. The fourth-order valence-electron chi connectivity index (χ4n) is 0.658. The van der Waals surface area contributed by atoms with E-state index >= 15 is 0 Å². The third kappa shape index (κ3) is 2.28. The van der Waals surface area contributed by atoms with Gasteiger partial charge in [0.05, 0.1) is 0 Å². The molecule has 0 aliphatic carbocycles. The molecule has 0 bridgehead atoms. The molecule has 0 aliphatic heterocycles. The summed E-state index contributed by atoms with van der Waals surface area (Å²) in [6.45, 7) is 4.74. The van der Waals surface area contributed by atoms with E-state index < -0.39 is 15.1 Å². The van der Waals surface area contributed by atoms with Gasteiger partial charge in [-0.15, -0.1) is 6.58 Å². The van der Waals surface area contributed by atoms with Gasteiger partial charge in [-0.2, -0.15) is 8.42 Å². The van der Waals surface area contributed by atoms with E-state index in [1.165, 1.54) is 13.0 Å². The first-order valence-corrected chi connectivity index (χ1v) is 4.61. The van der Waals surface area contributed by atoms with Gasteiger partial charge in [-0.1, -0.05) is 13.0 Å². The first-order chi connectivity index (χ1) is 4.87. The Hall–Kier alpha value is -0.390. The second-order valence-electron chi connectivity index (χ2n) is 2.27. The molecule has 4 nitrogen and oxygen atoms in total. The van der Waals surface area contributed by atoms with Crippen molar-refractivity contribution in [1.29, 1.82) is 0 Å². The summed E-state index contributed by atoms with van der Waals surface area (Å²) in [4.78, 5) is -2.06. The van der Waals surface area contributed by atoms with Gasteiger partial charge in [-0.05, 0) is 6.42 Å². The van der Waals surface area contributed by atoms with Gasteiger partial charge in [0.2, 0.25) is 0 Å². The van der Waals surface area contributed by atoms with Crippen LogP contribution in [0, 0.1) is 0 Å². The molecule has 0 amide bonds. The molecule has 0 saturated heterocycles. The molecule has 0 heterocycles. The van der Waals surface area contributed by atoms with Crippen molar-refractivity contribution in [2.24, 2.45) is 0 Å².